The molecule has 0 fully saturated rings. The summed E-state index contributed by atoms with van der Waals surface area (Å²) in [4.78, 5) is 13.7. The Morgan fingerprint density at radius 3 is 2.67 bits per heavy atom. The second-order valence-electron chi connectivity index (χ2n) is 3.92. The van der Waals surface area contributed by atoms with Crippen molar-refractivity contribution in [1.82, 2.24) is 15.0 Å². The number of nitrogens with one attached hydrogen (secondary N) is 2. The second-order valence-corrected chi connectivity index (χ2v) is 5.19. The smallest absolute Gasteiger partial charge is 0.223 e. The molecule has 2 aromatic heterocycles. The van der Waals surface area contributed by atoms with Crippen LogP contribution in [0.2, 0.25) is 0 Å². The Kier molecular flexibility index (Phi) is 3.61. The summed E-state index contributed by atoms with van der Waals surface area (Å²) in [5, 5.41) is 7.23. The first kappa shape index (κ1) is 12.6. The first-order chi connectivity index (χ1) is 8.58. The minimum absolute atomic E-state index is 0.0858. The molecule has 4 N–H and O–H groups in total. The minimum Gasteiger partial charge on any atom is -0.373 e. The number of aryl methyl sites for hydroxylation is 1. The second kappa shape index (κ2) is 5.18. The number of anilines is 3. The van der Waals surface area contributed by atoms with Crippen LogP contribution in [0, 0.1) is 6.92 Å². The Labute approximate surface area is 110 Å². The van der Waals surface area contributed by atoms with E-state index in [-0.39, 0.29) is 12.0 Å². The van der Waals surface area contributed by atoms with Gasteiger partial charge in [0, 0.05) is 24.2 Å². The van der Waals surface area contributed by atoms with Crippen molar-refractivity contribution in [1.29, 1.82) is 0 Å². The molecule has 0 bridgehead atoms. The van der Waals surface area contributed by atoms with E-state index in [1.165, 1.54) is 4.88 Å². The van der Waals surface area contributed by atoms with Gasteiger partial charge in [-0.15, -0.1) is 11.3 Å². The molecule has 0 aliphatic carbocycles. The van der Waals surface area contributed by atoms with E-state index in [2.05, 4.69) is 25.6 Å². The van der Waals surface area contributed by atoms with E-state index in [9.17, 15) is 0 Å². The fourth-order valence-electron chi connectivity index (χ4n) is 1.52. The van der Waals surface area contributed by atoms with E-state index in [4.69, 9.17) is 5.73 Å². The van der Waals surface area contributed by atoms with Crippen molar-refractivity contribution in [2.24, 2.45) is 0 Å². The van der Waals surface area contributed by atoms with E-state index in [0.29, 0.717) is 11.6 Å². The lowest BCUT2D eigenvalue weighted by Gasteiger charge is -2.13. The van der Waals surface area contributed by atoms with Gasteiger partial charge in [-0.05, 0) is 13.8 Å². The zero-order valence-corrected chi connectivity index (χ0v) is 11.4. The van der Waals surface area contributed by atoms with Crippen LogP contribution in [0.5, 0.6) is 0 Å². The predicted molar refractivity (Wildman–Crippen MR) is 74.9 cm³/mol. The summed E-state index contributed by atoms with van der Waals surface area (Å²) in [6, 6.07) is 1.90. The van der Waals surface area contributed by atoms with Gasteiger partial charge in [0.25, 0.3) is 0 Å². The number of hydrogen-bond donors (Lipinski definition) is 3. The Bertz CT molecular complexity index is 538. The molecule has 0 aliphatic rings. The van der Waals surface area contributed by atoms with Crippen LogP contribution in [0.15, 0.2) is 12.3 Å². The zero-order chi connectivity index (χ0) is 13.1. The molecule has 0 amide bonds. The van der Waals surface area contributed by atoms with E-state index < -0.39 is 0 Å². The number of nitrogen functional groups attached to an aromatic ring is 1. The lowest BCUT2D eigenvalue weighted by molar-refractivity contribution is 0.859. The zero-order valence-electron chi connectivity index (χ0n) is 10.6. The summed E-state index contributed by atoms with van der Waals surface area (Å²) >= 11 is 1.67. The summed E-state index contributed by atoms with van der Waals surface area (Å²) in [5.41, 5.74) is 5.64. The first-order valence-corrected chi connectivity index (χ1v) is 6.41. The van der Waals surface area contributed by atoms with Gasteiger partial charge in [-0.3, -0.25) is 0 Å². The molecule has 0 aliphatic heterocycles. The summed E-state index contributed by atoms with van der Waals surface area (Å²) in [5.74, 6) is 1.62. The van der Waals surface area contributed by atoms with E-state index in [1.807, 2.05) is 26.1 Å². The highest BCUT2D eigenvalue weighted by molar-refractivity contribution is 7.11. The third-order valence-electron chi connectivity index (χ3n) is 2.37. The predicted octanol–water partition coefficient (Wildman–Crippen LogP) is 2.04. The van der Waals surface area contributed by atoms with Gasteiger partial charge >= 0.3 is 0 Å². The van der Waals surface area contributed by atoms with Gasteiger partial charge in [0.1, 0.15) is 16.6 Å². The number of hydrogen-bond acceptors (Lipinski definition) is 7. The Morgan fingerprint density at radius 1 is 1.33 bits per heavy atom. The summed E-state index contributed by atoms with van der Waals surface area (Å²) in [6.07, 6.45) is 1.87. The van der Waals surface area contributed by atoms with Crippen molar-refractivity contribution in [3.05, 3.63) is 22.1 Å². The quantitative estimate of drug-likeness (QED) is 0.783. The highest BCUT2D eigenvalue weighted by atomic mass is 32.1. The lowest BCUT2D eigenvalue weighted by atomic mass is 10.3. The summed E-state index contributed by atoms with van der Waals surface area (Å²) < 4.78 is 0. The molecule has 18 heavy (non-hydrogen) atoms. The molecule has 0 spiro atoms. The fraction of sp³-hybridized carbons (Fsp3) is 0.364. The first-order valence-electron chi connectivity index (χ1n) is 5.59. The molecule has 2 aromatic rings. The molecular weight excluding hydrogens is 248 g/mol. The number of nitrogens with zero attached hydrogens (tertiary/aromatic N) is 3. The number of nitrogens with two attached hydrogens (primary N) is 1. The summed E-state index contributed by atoms with van der Waals surface area (Å²) in [7, 11) is 1.79. The van der Waals surface area contributed by atoms with Crippen molar-refractivity contribution in [3.63, 3.8) is 0 Å². The molecule has 2 heterocycles. The van der Waals surface area contributed by atoms with Crippen molar-refractivity contribution in [2.45, 2.75) is 19.9 Å². The van der Waals surface area contributed by atoms with E-state index >= 15 is 0 Å². The van der Waals surface area contributed by atoms with Gasteiger partial charge in [0.05, 0.1) is 6.04 Å². The molecule has 1 atom stereocenters. The monoisotopic (exact) mass is 264 g/mol. The van der Waals surface area contributed by atoms with Crippen LogP contribution in [0.3, 0.4) is 0 Å². The highest BCUT2D eigenvalue weighted by Crippen LogP contribution is 2.23. The van der Waals surface area contributed by atoms with Gasteiger partial charge in [0.2, 0.25) is 5.95 Å². The highest BCUT2D eigenvalue weighted by Gasteiger charge is 2.11. The molecule has 0 aromatic carbocycles. The van der Waals surface area contributed by atoms with Crippen LogP contribution in [0.4, 0.5) is 17.6 Å². The topological polar surface area (TPSA) is 88.8 Å². The molecule has 1 unspecified atom stereocenters. The van der Waals surface area contributed by atoms with Crippen molar-refractivity contribution < 1.29 is 0 Å². The molecule has 0 saturated carbocycles. The van der Waals surface area contributed by atoms with Crippen LogP contribution in [0.1, 0.15) is 22.9 Å². The molecule has 2 rings (SSSR count). The van der Waals surface area contributed by atoms with Crippen molar-refractivity contribution in [2.75, 3.05) is 23.4 Å². The Hall–Kier alpha value is -1.89. The van der Waals surface area contributed by atoms with Gasteiger partial charge < -0.3 is 16.4 Å². The maximum atomic E-state index is 5.64. The van der Waals surface area contributed by atoms with Crippen LogP contribution in [-0.4, -0.2) is 22.0 Å². The largest absolute Gasteiger partial charge is 0.373 e. The molecule has 96 valence electrons. The molecule has 0 radical (unpaired) electrons. The Balaban J connectivity index is 2.16. The SMILES string of the molecule is CNc1cc(NC(C)c2ncc(C)s2)nc(N)n1. The molecule has 7 heteroatoms. The van der Waals surface area contributed by atoms with Gasteiger partial charge in [-0.25, -0.2) is 4.98 Å². The number of thiazole rings is 1. The standard InChI is InChI=1S/C11H16N6S/c1-6-5-14-10(18-6)7(2)15-9-4-8(13-3)16-11(12)17-9/h4-5,7H,1-3H3,(H4,12,13,15,16,17). The van der Waals surface area contributed by atoms with Crippen LogP contribution < -0.4 is 16.4 Å². The van der Waals surface area contributed by atoms with E-state index in [1.54, 1.807) is 18.4 Å². The van der Waals surface area contributed by atoms with E-state index in [0.717, 1.165) is 5.01 Å². The van der Waals surface area contributed by atoms with Gasteiger partial charge in [-0.2, -0.15) is 9.97 Å². The maximum absolute atomic E-state index is 5.64. The van der Waals surface area contributed by atoms with Crippen molar-refractivity contribution >= 4 is 28.9 Å². The normalized spacial score (nSPS) is 12.2. The van der Waals surface area contributed by atoms with Crippen LogP contribution in [0.25, 0.3) is 0 Å². The number of rotatable bonds is 4. The maximum Gasteiger partial charge on any atom is 0.223 e. The lowest BCUT2D eigenvalue weighted by Crippen LogP contribution is -2.10. The fourth-order valence-corrected chi connectivity index (χ4v) is 2.30. The number of aromatic nitrogens is 3. The van der Waals surface area contributed by atoms with Crippen LogP contribution in [-0.2, 0) is 0 Å². The van der Waals surface area contributed by atoms with Gasteiger partial charge in [0.15, 0.2) is 0 Å². The van der Waals surface area contributed by atoms with Crippen molar-refractivity contribution in [3.8, 4) is 0 Å². The van der Waals surface area contributed by atoms with Crippen LogP contribution >= 0.6 is 11.3 Å². The molecule has 0 saturated heterocycles. The summed E-state index contributed by atoms with van der Waals surface area (Å²) in [6.45, 7) is 4.07. The molecular formula is C11H16N6S. The third kappa shape index (κ3) is 2.86. The average molecular weight is 264 g/mol. The molecule has 6 nitrogen and oxygen atoms in total. The van der Waals surface area contributed by atoms with Gasteiger partial charge in [-0.1, -0.05) is 0 Å². The minimum atomic E-state index is 0.0858. The third-order valence-corrected chi connectivity index (χ3v) is 3.47. The Morgan fingerprint density at radius 2 is 2.06 bits per heavy atom. The average Bonchev–Trinajstić information content (AvgIpc) is 2.75.